The summed E-state index contributed by atoms with van der Waals surface area (Å²) in [6, 6.07) is 9.70. The molecule has 130 valence electrons. The predicted octanol–water partition coefficient (Wildman–Crippen LogP) is 2.14. The van der Waals surface area contributed by atoms with Crippen molar-refractivity contribution in [1.29, 1.82) is 0 Å². The highest BCUT2D eigenvalue weighted by molar-refractivity contribution is 5.94. The van der Waals surface area contributed by atoms with Crippen molar-refractivity contribution in [2.75, 3.05) is 26.2 Å². The Hall–Kier alpha value is -2.76. The first-order valence-electron chi connectivity index (χ1n) is 8.35. The van der Waals surface area contributed by atoms with Crippen LogP contribution in [0.1, 0.15) is 22.3 Å². The third-order valence-corrected chi connectivity index (χ3v) is 4.36. The van der Waals surface area contributed by atoms with Crippen molar-refractivity contribution in [3.8, 4) is 0 Å². The van der Waals surface area contributed by atoms with Gasteiger partial charge in [-0.15, -0.1) is 0 Å². The van der Waals surface area contributed by atoms with E-state index in [1.54, 1.807) is 52.5 Å². The minimum atomic E-state index is -0.361. The summed E-state index contributed by atoms with van der Waals surface area (Å²) in [6.07, 6.45) is 3.94. The van der Waals surface area contributed by atoms with Crippen LogP contribution in [0.2, 0.25) is 0 Å². The van der Waals surface area contributed by atoms with Crippen molar-refractivity contribution in [2.24, 2.45) is 0 Å². The number of benzene rings is 1. The second kappa shape index (κ2) is 7.88. The molecule has 6 heteroatoms. The van der Waals surface area contributed by atoms with Crippen LogP contribution in [-0.4, -0.2) is 52.8 Å². The van der Waals surface area contributed by atoms with Gasteiger partial charge in [0, 0.05) is 44.1 Å². The molecule has 0 aliphatic carbocycles. The molecule has 0 saturated carbocycles. The molecule has 1 aliphatic rings. The van der Waals surface area contributed by atoms with E-state index in [1.165, 1.54) is 6.07 Å². The zero-order valence-electron chi connectivity index (χ0n) is 13.9. The first-order chi connectivity index (χ1) is 12.1. The van der Waals surface area contributed by atoms with Crippen LogP contribution in [0.3, 0.4) is 0 Å². The minimum absolute atomic E-state index is 0.0466. The molecule has 1 aromatic heterocycles. The van der Waals surface area contributed by atoms with E-state index < -0.39 is 0 Å². The van der Waals surface area contributed by atoms with Crippen LogP contribution in [-0.2, 0) is 11.2 Å². The van der Waals surface area contributed by atoms with Gasteiger partial charge in [-0.25, -0.2) is 4.39 Å². The number of pyridine rings is 1. The summed E-state index contributed by atoms with van der Waals surface area (Å²) in [7, 11) is 0. The van der Waals surface area contributed by atoms with Gasteiger partial charge in [0.05, 0.1) is 6.42 Å². The molecule has 1 aliphatic heterocycles. The highest BCUT2D eigenvalue weighted by Crippen LogP contribution is 2.12. The maximum absolute atomic E-state index is 13.7. The first-order valence-corrected chi connectivity index (χ1v) is 8.35. The molecular formula is C19H20FN3O2. The molecule has 0 bridgehead atoms. The van der Waals surface area contributed by atoms with Gasteiger partial charge in [0.1, 0.15) is 5.82 Å². The van der Waals surface area contributed by atoms with Crippen molar-refractivity contribution in [2.45, 2.75) is 12.8 Å². The van der Waals surface area contributed by atoms with Crippen LogP contribution in [0, 0.1) is 5.82 Å². The van der Waals surface area contributed by atoms with Crippen LogP contribution >= 0.6 is 0 Å². The Balaban J connectivity index is 1.60. The van der Waals surface area contributed by atoms with Crippen molar-refractivity contribution in [1.82, 2.24) is 14.8 Å². The summed E-state index contributed by atoms with van der Waals surface area (Å²) in [4.78, 5) is 32.4. The molecule has 0 unspecified atom stereocenters. The van der Waals surface area contributed by atoms with Crippen molar-refractivity contribution >= 4 is 11.8 Å². The third-order valence-electron chi connectivity index (χ3n) is 4.36. The van der Waals surface area contributed by atoms with E-state index in [9.17, 15) is 14.0 Å². The molecule has 3 rings (SSSR count). The second-order valence-electron chi connectivity index (χ2n) is 6.03. The standard InChI is InChI=1S/C19H20FN3O2/c20-17-5-2-1-4-16(17)14-18(24)22-10-3-11-23(13-12-22)19(25)15-6-8-21-9-7-15/h1-2,4-9H,3,10-14H2. The minimum Gasteiger partial charge on any atom is -0.341 e. The molecule has 2 aromatic rings. The number of halogens is 1. The monoisotopic (exact) mass is 341 g/mol. The molecule has 2 amide bonds. The lowest BCUT2D eigenvalue weighted by Crippen LogP contribution is -2.38. The molecule has 1 fully saturated rings. The maximum atomic E-state index is 13.7. The number of carbonyl (C=O) groups excluding carboxylic acids is 2. The topological polar surface area (TPSA) is 53.5 Å². The average Bonchev–Trinajstić information content (AvgIpc) is 2.90. The van der Waals surface area contributed by atoms with Crippen molar-refractivity contribution in [3.05, 3.63) is 65.7 Å². The van der Waals surface area contributed by atoms with E-state index in [2.05, 4.69) is 4.98 Å². The second-order valence-corrected chi connectivity index (χ2v) is 6.03. The Morgan fingerprint density at radius 2 is 1.64 bits per heavy atom. The van der Waals surface area contributed by atoms with E-state index >= 15 is 0 Å². The number of aromatic nitrogens is 1. The van der Waals surface area contributed by atoms with E-state index in [0.29, 0.717) is 43.7 Å². The molecule has 2 heterocycles. The van der Waals surface area contributed by atoms with Gasteiger partial charge in [-0.05, 0) is 30.2 Å². The van der Waals surface area contributed by atoms with Crippen LogP contribution < -0.4 is 0 Å². The quantitative estimate of drug-likeness (QED) is 0.859. The van der Waals surface area contributed by atoms with Gasteiger partial charge in [-0.3, -0.25) is 14.6 Å². The van der Waals surface area contributed by atoms with Crippen molar-refractivity contribution < 1.29 is 14.0 Å². The number of nitrogens with zero attached hydrogens (tertiary/aromatic N) is 3. The number of hydrogen-bond acceptors (Lipinski definition) is 3. The van der Waals surface area contributed by atoms with Gasteiger partial charge in [0.25, 0.3) is 5.91 Å². The molecule has 1 aromatic carbocycles. The van der Waals surface area contributed by atoms with Gasteiger partial charge < -0.3 is 9.80 Å². The Bertz CT molecular complexity index is 751. The highest BCUT2D eigenvalue weighted by atomic mass is 19.1. The van der Waals surface area contributed by atoms with Crippen molar-refractivity contribution in [3.63, 3.8) is 0 Å². The molecule has 0 radical (unpaired) electrons. The van der Waals surface area contributed by atoms with E-state index in [1.807, 2.05) is 0 Å². The van der Waals surface area contributed by atoms with E-state index in [4.69, 9.17) is 0 Å². The van der Waals surface area contributed by atoms with Gasteiger partial charge >= 0.3 is 0 Å². The lowest BCUT2D eigenvalue weighted by molar-refractivity contribution is -0.130. The molecule has 25 heavy (non-hydrogen) atoms. The molecule has 5 nitrogen and oxygen atoms in total. The van der Waals surface area contributed by atoms with Gasteiger partial charge in [0.2, 0.25) is 5.91 Å². The number of carbonyl (C=O) groups is 2. The third kappa shape index (κ3) is 4.21. The fourth-order valence-corrected chi connectivity index (χ4v) is 2.96. The Morgan fingerprint density at radius 3 is 2.40 bits per heavy atom. The van der Waals surface area contributed by atoms with E-state index in [-0.39, 0.29) is 24.1 Å². The predicted molar refractivity (Wildman–Crippen MR) is 91.4 cm³/mol. The zero-order chi connectivity index (χ0) is 17.6. The fourth-order valence-electron chi connectivity index (χ4n) is 2.96. The highest BCUT2D eigenvalue weighted by Gasteiger charge is 2.23. The van der Waals surface area contributed by atoms with Gasteiger partial charge in [-0.1, -0.05) is 18.2 Å². The van der Waals surface area contributed by atoms with E-state index in [0.717, 1.165) is 0 Å². The normalized spacial score (nSPS) is 14.9. The van der Waals surface area contributed by atoms with Crippen LogP contribution in [0.4, 0.5) is 4.39 Å². The SMILES string of the molecule is O=C(Cc1ccccc1F)N1CCCN(C(=O)c2ccncc2)CC1. The molecule has 0 N–H and O–H groups in total. The summed E-state index contributed by atoms with van der Waals surface area (Å²) in [5.74, 6) is -0.519. The Morgan fingerprint density at radius 1 is 0.960 bits per heavy atom. The van der Waals surface area contributed by atoms with Crippen LogP contribution in [0.15, 0.2) is 48.8 Å². The molecular weight excluding hydrogens is 321 g/mol. The Kier molecular flexibility index (Phi) is 5.38. The fraction of sp³-hybridized carbons (Fsp3) is 0.316. The zero-order valence-corrected chi connectivity index (χ0v) is 13.9. The molecule has 0 atom stereocenters. The number of amides is 2. The summed E-state index contributed by atoms with van der Waals surface area (Å²) in [5.41, 5.74) is 1.00. The molecule has 1 saturated heterocycles. The smallest absolute Gasteiger partial charge is 0.254 e. The lowest BCUT2D eigenvalue weighted by Gasteiger charge is -2.22. The van der Waals surface area contributed by atoms with Crippen LogP contribution in [0.25, 0.3) is 0 Å². The van der Waals surface area contributed by atoms with Gasteiger partial charge in [-0.2, -0.15) is 0 Å². The van der Waals surface area contributed by atoms with Crippen LogP contribution in [0.5, 0.6) is 0 Å². The molecule has 0 spiro atoms. The number of hydrogen-bond donors (Lipinski definition) is 0. The van der Waals surface area contributed by atoms with Gasteiger partial charge in [0.15, 0.2) is 0 Å². The summed E-state index contributed by atoms with van der Waals surface area (Å²) in [6.45, 7) is 2.12. The first kappa shape index (κ1) is 17.1. The maximum Gasteiger partial charge on any atom is 0.254 e. The summed E-state index contributed by atoms with van der Waals surface area (Å²) < 4.78 is 13.7. The summed E-state index contributed by atoms with van der Waals surface area (Å²) in [5, 5.41) is 0. The Labute approximate surface area is 146 Å². The average molecular weight is 341 g/mol. The largest absolute Gasteiger partial charge is 0.341 e. The number of rotatable bonds is 3. The summed E-state index contributed by atoms with van der Waals surface area (Å²) >= 11 is 0. The lowest BCUT2D eigenvalue weighted by atomic mass is 10.1.